The van der Waals surface area contributed by atoms with Crippen LogP contribution in [0.3, 0.4) is 0 Å². The van der Waals surface area contributed by atoms with Gasteiger partial charge in [-0.1, -0.05) is 68.5 Å². The second-order valence-corrected chi connectivity index (χ2v) is 11.2. The minimum Gasteiger partial charge on any atom is -0.480 e. The number of carboxylic acid groups (broad SMARTS) is 1. The summed E-state index contributed by atoms with van der Waals surface area (Å²) in [6, 6.07) is 8.67. The Morgan fingerprint density at radius 2 is 1.57 bits per heavy atom. The Morgan fingerprint density at radius 3 is 2.11 bits per heavy atom. The zero-order valence-corrected chi connectivity index (χ0v) is 21.8. The molecule has 2 aromatic rings. The second kappa shape index (κ2) is 11.9. The van der Waals surface area contributed by atoms with Gasteiger partial charge in [0.05, 0.1) is 5.56 Å². The zero-order chi connectivity index (χ0) is 26.4. The van der Waals surface area contributed by atoms with Gasteiger partial charge in [0.1, 0.15) is 10.5 Å². The number of aliphatic carboxylic acids is 1. The first-order valence-corrected chi connectivity index (χ1v) is 13.9. The molecule has 9 heteroatoms. The Kier molecular flexibility index (Phi) is 8.66. The third kappa shape index (κ3) is 6.05. The quantitative estimate of drug-likeness (QED) is 0.290. The van der Waals surface area contributed by atoms with E-state index in [4.69, 9.17) is 11.5 Å². The van der Waals surface area contributed by atoms with Gasteiger partial charge in [0.15, 0.2) is 0 Å². The molecule has 1 aromatic carbocycles. The summed E-state index contributed by atoms with van der Waals surface area (Å²) < 4.78 is 0. The van der Waals surface area contributed by atoms with Crippen LogP contribution in [0, 0.1) is 11.8 Å². The molecule has 2 saturated carbocycles. The van der Waals surface area contributed by atoms with E-state index in [2.05, 4.69) is 10.6 Å². The maximum absolute atomic E-state index is 12.7. The fraction of sp³-hybridized carbons (Fsp3) is 0.464. The average molecular weight is 525 g/mol. The summed E-state index contributed by atoms with van der Waals surface area (Å²) in [5.74, 6) is -0.965. The van der Waals surface area contributed by atoms with Crippen molar-refractivity contribution in [3.63, 3.8) is 0 Å². The molecule has 2 fully saturated rings. The first-order chi connectivity index (χ1) is 17.8. The lowest BCUT2D eigenvalue weighted by atomic mass is 9.67. The van der Waals surface area contributed by atoms with E-state index in [9.17, 15) is 19.5 Å². The van der Waals surface area contributed by atoms with E-state index in [0.29, 0.717) is 11.5 Å². The lowest BCUT2D eigenvalue weighted by molar-refractivity contribution is -0.151. The predicted octanol–water partition coefficient (Wildman–Crippen LogP) is 5.20. The van der Waals surface area contributed by atoms with Gasteiger partial charge in [-0.05, 0) is 54.7 Å². The predicted molar refractivity (Wildman–Crippen MR) is 147 cm³/mol. The largest absolute Gasteiger partial charge is 0.480 e. The van der Waals surface area contributed by atoms with E-state index in [1.54, 1.807) is 6.07 Å². The molecule has 1 atom stereocenters. The fourth-order valence-corrected chi connectivity index (χ4v) is 7.16. The number of carbonyl (C=O) groups is 3. The molecule has 198 valence electrons. The van der Waals surface area contributed by atoms with Gasteiger partial charge in [0.2, 0.25) is 0 Å². The average Bonchev–Trinajstić information content (AvgIpc) is 3.56. The number of carboxylic acids is 1. The van der Waals surface area contributed by atoms with Crippen LogP contribution in [0.1, 0.15) is 73.7 Å². The van der Waals surface area contributed by atoms with Crippen LogP contribution >= 0.6 is 11.3 Å². The van der Waals surface area contributed by atoms with E-state index >= 15 is 0 Å². The van der Waals surface area contributed by atoms with Crippen LogP contribution in [0.15, 0.2) is 36.4 Å². The molecule has 0 unspecified atom stereocenters. The summed E-state index contributed by atoms with van der Waals surface area (Å²) in [5, 5.41) is 16.7. The van der Waals surface area contributed by atoms with Crippen LogP contribution in [0.2, 0.25) is 0 Å². The summed E-state index contributed by atoms with van der Waals surface area (Å²) in [5.41, 5.74) is 11.9. The lowest BCUT2D eigenvalue weighted by Gasteiger charge is -2.44. The summed E-state index contributed by atoms with van der Waals surface area (Å²) in [7, 11) is 0. The van der Waals surface area contributed by atoms with Crippen LogP contribution in [0.25, 0.3) is 16.5 Å². The molecule has 8 nitrogen and oxygen atoms in total. The minimum atomic E-state index is -0.848. The lowest BCUT2D eigenvalue weighted by Crippen LogP contribution is -2.62. The van der Waals surface area contributed by atoms with Crippen LogP contribution in [-0.4, -0.2) is 35.1 Å². The molecule has 0 spiro atoms. The van der Waals surface area contributed by atoms with Crippen molar-refractivity contribution in [2.45, 2.75) is 63.3 Å². The summed E-state index contributed by atoms with van der Waals surface area (Å²) in [6.07, 6.45) is 13.6. The Bertz CT molecular complexity index is 1150. The topological polar surface area (TPSA) is 148 Å². The van der Waals surface area contributed by atoms with E-state index in [0.717, 1.165) is 67.4 Å². The number of amides is 3. The van der Waals surface area contributed by atoms with Gasteiger partial charge in [0.25, 0.3) is 5.91 Å². The first-order valence-electron chi connectivity index (χ1n) is 13.1. The van der Waals surface area contributed by atoms with Gasteiger partial charge in [-0.2, -0.15) is 0 Å². The molecular formula is C28H36N4O4S. The van der Waals surface area contributed by atoms with Crippen molar-refractivity contribution < 1.29 is 19.5 Å². The van der Waals surface area contributed by atoms with Crippen molar-refractivity contribution in [2.24, 2.45) is 23.3 Å². The highest BCUT2D eigenvalue weighted by Gasteiger charge is 2.51. The van der Waals surface area contributed by atoms with Crippen LogP contribution in [-0.2, 0) is 4.79 Å². The van der Waals surface area contributed by atoms with Crippen molar-refractivity contribution in [2.75, 3.05) is 11.9 Å². The summed E-state index contributed by atoms with van der Waals surface area (Å²) in [4.78, 5) is 36.5. The number of primary amides is 2. The highest BCUT2D eigenvalue weighted by Crippen LogP contribution is 2.44. The maximum atomic E-state index is 12.7. The molecule has 0 radical (unpaired) electrons. The number of nitrogens with one attached hydrogen (secondary N) is 2. The zero-order valence-electron chi connectivity index (χ0n) is 21.0. The number of benzene rings is 1. The van der Waals surface area contributed by atoms with Crippen molar-refractivity contribution >= 4 is 40.3 Å². The highest BCUT2D eigenvalue weighted by molar-refractivity contribution is 7.20. The van der Waals surface area contributed by atoms with Crippen LogP contribution < -0.4 is 22.1 Å². The van der Waals surface area contributed by atoms with Gasteiger partial charge >= 0.3 is 12.0 Å². The third-order valence-corrected chi connectivity index (χ3v) is 8.95. The van der Waals surface area contributed by atoms with Gasteiger partial charge in [-0.3, -0.25) is 20.2 Å². The van der Waals surface area contributed by atoms with E-state index < -0.39 is 23.4 Å². The monoisotopic (exact) mass is 524 g/mol. The second-order valence-electron chi connectivity index (χ2n) is 10.1. The Hall–Kier alpha value is -3.17. The Balaban J connectivity index is 1.45. The Morgan fingerprint density at radius 1 is 0.973 bits per heavy atom. The number of anilines is 1. The summed E-state index contributed by atoms with van der Waals surface area (Å²) in [6.45, 7) is 0.496. The van der Waals surface area contributed by atoms with Crippen LogP contribution in [0.5, 0.6) is 0 Å². The van der Waals surface area contributed by atoms with Crippen molar-refractivity contribution in [3.05, 3.63) is 47.5 Å². The molecule has 0 saturated heterocycles. The molecule has 4 rings (SSSR count). The molecule has 2 aliphatic carbocycles. The van der Waals surface area contributed by atoms with E-state index in [-0.39, 0.29) is 17.4 Å². The number of hydrogen-bond acceptors (Lipinski definition) is 5. The molecule has 0 bridgehead atoms. The number of hydrogen-bond donors (Lipinski definition) is 5. The molecule has 1 heterocycles. The normalized spacial score (nSPS) is 18.6. The molecule has 2 aliphatic rings. The molecule has 1 aromatic heterocycles. The van der Waals surface area contributed by atoms with Gasteiger partial charge in [-0.25, -0.2) is 4.79 Å². The van der Waals surface area contributed by atoms with Gasteiger partial charge < -0.3 is 16.6 Å². The standard InChI is InChI=1S/C28H36N4O4S/c29-24(33)22-17-23(37-25(22)32-27(30)36)19-14-12-18(13-15-19)7-6-16-31-28(26(34)35,21-10-4-5-11-21)20-8-2-1-3-9-20/h6-7,12-15,17,20-21,31H,1-5,8-11,16H2,(H2,29,33)(H,34,35)(H3,30,32,36)/t28-/m1/s1. The molecule has 37 heavy (non-hydrogen) atoms. The molecular weight excluding hydrogens is 488 g/mol. The van der Waals surface area contributed by atoms with Gasteiger partial charge in [0, 0.05) is 11.4 Å². The number of carbonyl (C=O) groups excluding carboxylic acids is 2. The first kappa shape index (κ1) is 26.9. The number of rotatable bonds is 10. The maximum Gasteiger partial charge on any atom is 0.324 e. The fourth-order valence-electron chi connectivity index (χ4n) is 6.09. The third-order valence-electron chi connectivity index (χ3n) is 7.85. The molecule has 7 N–H and O–H groups in total. The minimum absolute atomic E-state index is 0.180. The smallest absolute Gasteiger partial charge is 0.324 e. The van der Waals surface area contributed by atoms with Crippen LogP contribution in [0.4, 0.5) is 9.80 Å². The SMILES string of the molecule is NC(=O)Nc1sc(-c2ccc(C=CCN[C@](C(=O)O)(C3CCCCC3)C3CCCC3)cc2)cc1C(N)=O. The summed E-state index contributed by atoms with van der Waals surface area (Å²) >= 11 is 1.23. The van der Waals surface area contributed by atoms with Crippen molar-refractivity contribution in [1.29, 1.82) is 0 Å². The van der Waals surface area contributed by atoms with Gasteiger partial charge in [-0.15, -0.1) is 11.3 Å². The number of thiophene rings is 1. The number of nitrogens with two attached hydrogens (primary N) is 2. The van der Waals surface area contributed by atoms with E-state index in [1.165, 1.54) is 17.8 Å². The number of urea groups is 1. The van der Waals surface area contributed by atoms with Crippen molar-refractivity contribution in [3.8, 4) is 10.4 Å². The highest BCUT2D eigenvalue weighted by atomic mass is 32.1. The molecule has 0 aliphatic heterocycles. The molecule has 3 amide bonds. The Labute approximate surface area is 221 Å². The van der Waals surface area contributed by atoms with E-state index in [1.807, 2.05) is 36.4 Å². The van der Waals surface area contributed by atoms with Crippen molar-refractivity contribution in [1.82, 2.24) is 5.32 Å².